The third-order valence-corrected chi connectivity index (χ3v) is 6.62. The SMILES string of the molecule is Cc1ccc(C2=NN(C(=O)CN3C(=O)N[C@@](C)(c4ccc(C)cc4)C3=O)[C@H](c3ccco3)C2)cc1. The topological polar surface area (TPSA) is 95.2 Å². The number of benzene rings is 2. The first-order valence-electron chi connectivity index (χ1n) is 11.5. The van der Waals surface area contributed by atoms with E-state index >= 15 is 0 Å². The zero-order valence-corrected chi connectivity index (χ0v) is 19.8. The van der Waals surface area contributed by atoms with Crippen LogP contribution in [0.4, 0.5) is 4.79 Å². The number of amides is 4. The van der Waals surface area contributed by atoms with Gasteiger partial charge in [0.2, 0.25) is 0 Å². The van der Waals surface area contributed by atoms with Gasteiger partial charge in [-0.1, -0.05) is 59.7 Å². The van der Waals surface area contributed by atoms with Gasteiger partial charge in [-0.2, -0.15) is 5.10 Å². The molecule has 0 bridgehead atoms. The van der Waals surface area contributed by atoms with Crippen molar-refractivity contribution in [2.75, 3.05) is 6.54 Å². The molecule has 2 aliphatic heterocycles. The van der Waals surface area contributed by atoms with E-state index in [2.05, 4.69) is 10.4 Å². The zero-order valence-electron chi connectivity index (χ0n) is 19.8. The molecule has 2 aliphatic rings. The van der Waals surface area contributed by atoms with E-state index in [0.29, 0.717) is 17.7 Å². The fraction of sp³-hybridized carbons (Fsp3) is 0.259. The van der Waals surface area contributed by atoms with E-state index in [-0.39, 0.29) is 0 Å². The van der Waals surface area contributed by atoms with Crippen LogP contribution in [-0.2, 0) is 15.1 Å². The predicted molar refractivity (Wildman–Crippen MR) is 129 cm³/mol. The minimum atomic E-state index is -1.24. The van der Waals surface area contributed by atoms with Gasteiger partial charge in [-0.25, -0.2) is 9.80 Å². The van der Waals surface area contributed by atoms with Gasteiger partial charge in [0.15, 0.2) is 0 Å². The summed E-state index contributed by atoms with van der Waals surface area (Å²) in [5.41, 5.74) is 3.23. The van der Waals surface area contributed by atoms with Crippen molar-refractivity contribution >= 4 is 23.6 Å². The Morgan fingerprint density at radius 2 is 1.71 bits per heavy atom. The second-order valence-corrected chi connectivity index (χ2v) is 9.20. The lowest BCUT2D eigenvalue weighted by atomic mass is 9.91. The second kappa shape index (κ2) is 8.54. The quantitative estimate of drug-likeness (QED) is 0.570. The summed E-state index contributed by atoms with van der Waals surface area (Å²) in [6.07, 6.45) is 2.01. The number of nitrogens with one attached hydrogen (secondary N) is 1. The standard InChI is InChI=1S/C27H26N4O4/c1-17-6-10-19(11-7-17)21-15-22(23-5-4-14-35-23)31(29-21)24(32)16-30-25(33)27(3,28-26(30)34)20-12-8-18(2)9-13-20/h4-14,22H,15-16H2,1-3H3,(H,28,34)/t22-,27-/m0/s1. The lowest BCUT2D eigenvalue weighted by Crippen LogP contribution is -2.43. The number of imide groups is 1. The lowest BCUT2D eigenvalue weighted by Gasteiger charge is -2.24. The normalized spacial score (nSPS) is 21.9. The molecule has 1 N–H and O–H groups in total. The number of hydrogen-bond acceptors (Lipinski definition) is 5. The molecule has 2 aromatic carbocycles. The van der Waals surface area contributed by atoms with Crippen molar-refractivity contribution < 1.29 is 18.8 Å². The van der Waals surface area contributed by atoms with Gasteiger partial charge in [-0.05, 0) is 44.0 Å². The second-order valence-electron chi connectivity index (χ2n) is 9.20. The van der Waals surface area contributed by atoms with Crippen molar-refractivity contribution in [1.29, 1.82) is 0 Å². The minimum absolute atomic E-state index is 0.423. The van der Waals surface area contributed by atoms with Gasteiger partial charge >= 0.3 is 6.03 Å². The number of carbonyl (C=O) groups excluding carboxylic acids is 3. The number of aryl methyl sites for hydroxylation is 2. The zero-order chi connectivity index (χ0) is 24.7. The van der Waals surface area contributed by atoms with Crippen LogP contribution in [0.5, 0.6) is 0 Å². The Hall–Kier alpha value is -4.20. The Bertz CT molecular complexity index is 1310. The highest BCUT2D eigenvalue weighted by Gasteiger charge is 2.50. The number of rotatable bonds is 5. The van der Waals surface area contributed by atoms with Gasteiger partial charge in [-0.15, -0.1) is 0 Å². The molecule has 0 radical (unpaired) electrons. The average molecular weight is 471 g/mol. The molecule has 1 aromatic heterocycles. The van der Waals surface area contributed by atoms with Crippen molar-refractivity contribution in [2.45, 2.75) is 38.8 Å². The van der Waals surface area contributed by atoms with Crippen LogP contribution < -0.4 is 5.32 Å². The number of furan rings is 1. The summed E-state index contributed by atoms with van der Waals surface area (Å²) < 4.78 is 5.59. The molecule has 8 nitrogen and oxygen atoms in total. The summed E-state index contributed by atoms with van der Waals surface area (Å²) in [5.74, 6) is -0.354. The number of hydrazone groups is 1. The summed E-state index contributed by atoms with van der Waals surface area (Å²) in [7, 11) is 0. The van der Waals surface area contributed by atoms with E-state index in [1.54, 1.807) is 25.3 Å². The van der Waals surface area contributed by atoms with E-state index < -0.39 is 36.0 Å². The fourth-order valence-electron chi connectivity index (χ4n) is 4.49. The molecule has 35 heavy (non-hydrogen) atoms. The summed E-state index contributed by atoms with van der Waals surface area (Å²) >= 11 is 0. The number of hydrogen-bond donors (Lipinski definition) is 1. The largest absolute Gasteiger partial charge is 0.467 e. The van der Waals surface area contributed by atoms with Crippen LogP contribution in [0.25, 0.3) is 0 Å². The average Bonchev–Trinajstić information content (AvgIpc) is 3.56. The Morgan fingerprint density at radius 3 is 2.34 bits per heavy atom. The Kier molecular flexibility index (Phi) is 5.51. The molecule has 1 saturated heterocycles. The highest BCUT2D eigenvalue weighted by molar-refractivity contribution is 6.09. The fourth-order valence-corrected chi connectivity index (χ4v) is 4.49. The van der Waals surface area contributed by atoms with Crippen molar-refractivity contribution in [3.8, 4) is 0 Å². The van der Waals surface area contributed by atoms with E-state index in [1.165, 1.54) is 5.01 Å². The van der Waals surface area contributed by atoms with Crippen LogP contribution in [0.15, 0.2) is 76.4 Å². The molecule has 0 aliphatic carbocycles. The maximum atomic E-state index is 13.4. The molecule has 0 spiro atoms. The molecule has 0 unspecified atom stereocenters. The lowest BCUT2D eigenvalue weighted by molar-refractivity contribution is -0.140. The third-order valence-electron chi connectivity index (χ3n) is 6.62. The van der Waals surface area contributed by atoms with Gasteiger partial charge in [-0.3, -0.25) is 14.5 Å². The summed E-state index contributed by atoms with van der Waals surface area (Å²) in [5, 5.41) is 8.67. The van der Waals surface area contributed by atoms with Crippen molar-refractivity contribution in [3.05, 3.63) is 94.9 Å². The van der Waals surface area contributed by atoms with Crippen LogP contribution in [0.3, 0.4) is 0 Å². The van der Waals surface area contributed by atoms with Crippen LogP contribution in [0.2, 0.25) is 0 Å². The molecule has 0 saturated carbocycles. The molecule has 3 aromatic rings. The Balaban J connectivity index is 1.40. The molecule has 178 valence electrons. The molecule has 1 fully saturated rings. The van der Waals surface area contributed by atoms with Crippen molar-refractivity contribution in [1.82, 2.24) is 15.2 Å². The van der Waals surface area contributed by atoms with Crippen LogP contribution in [0, 0.1) is 13.8 Å². The molecule has 3 heterocycles. The van der Waals surface area contributed by atoms with Crippen LogP contribution >= 0.6 is 0 Å². The molecular formula is C27H26N4O4. The minimum Gasteiger partial charge on any atom is -0.467 e. The smallest absolute Gasteiger partial charge is 0.325 e. The van der Waals surface area contributed by atoms with E-state index in [0.717, 1.165) is 27.3 Å². The summed E-state index contributed by atoms with van der Waals surface area (Å²) in [6, 6.07) is 17.8. The van der Waals surface area contributed by atoms with Crippen molar-refractivity contribution in [3.63, 3.8) is 0 Å². The maximum Gasteiger partial charge on any atom is 0.325 e. The van der Waals surface area contributed by atoms with Gasteiger partial charge in [0.05, 0.1) is 12.0 Å². The predicted octanol–water partition coefficient (Wildman–Crippen LogP) is 4.04. The van der Waals surface area contributed by atoms with Gasteiger partial charge in [0.1, 0.15) is 23.9 Å². The van der Waals surface area contributed by atoms with Gasteiger partial charge in [0, 0.05) is 6.42 Å². The van der Waals surface area contributed by atoms with Gasteiger partial charge in [0.25, 0.3) is 11.8 Å². The van der Waals surface area contributed by atoms with E-state index in [1.807, 2.05) is 62.4 Å². The Labute approximate surface area is 203 Å². The molecule has 5 rings (SSSR count). The first kappa shape index (κ1) is 22.6. The number of carbonyl (C=O) groups is 3. The summed E-state index contributed by atoms with van der Waals surface area (Å²) in [6.45, 7) is 5.18. The van der Waals surface area contributed by atoms with Crippen molar-refractivity contribution in [2.24, 2.45) is 5.10 Å². The third kappa shape index (κ3) is 4.01. The first-order chi connectivity index (χ1) is 16.8. The highest BCUT2D eigenvalue weighted by Crippen LogP contribution is 2.34. The number of nitrogens with zero attached hydrogens (tertiary/aromatic N) is 3. The number of urea groups is 1. The molecule has 2 atom stereocenters. The Morgan fingerprint density at radius 1 is 1.06 bits per heavy atom. The van der Waals surface area contributed by atoms with Gasteiger partial charge < -0.3 is 9.73 Å². The van der Waals surface area contributed by atoms with E-state index in [4.69, 9.17) is 4.42 Å². The molecule has 4 amide bonds. The highest BCUT2D eigenvalue weighted by atomic mass is 16.3. The van der Waals surface area contributed by atoms with Crippen LogP contribution in [-0.4, -0.2) is 40.0 Å². The van der Waals surface area contributed by atoms with Crippen LogP contribution in [0.1, 0.15) is 47.4 Å². The van der Waals surface area contributed by atoms with E-state index in [9.17, 15) is 14.4 Å². The summed E-state index contributed by atoms with van der Waals surface area (Å²) in [4.78, 5) is 40.5. The maximum absolute atomic E-state index is 13.4. The monoisotopic (exact) mass is 470 g/mol. The first-order valence-corrected chi connectivity index (χ1v) is 11.5. The molecule has 8 heteroatoms. The molecular weight excluding hydrogens is 444 g/mol.